The number of hydrogen-bond acceptors (Lipinski definition) is 5. The van der Waals surface area contributed by atoms with Gasteiger partial charge in [0.2, 0.25) is 0 Å². The minimum absolute atomic E-state index is 0.485. The van der Waals surface area contributed by atoms with Crippen LogP contribution in [0.25, 0.3) is 0 Å². The highest BCUT2D eigenvalue weighted by Gasteiger charge is 2.26. The van der Waals surface area contributed by atoms with Gasteiger partial charge in [-0.25, -0.2) is 0 Å². The Morgan fingerprint density at radius 2 is 1.83 bits per heavy atom. The average molecular weight is 319 g/mol. The number of halogens is 1. The van der Waals surface area contributed by atoms with E-state index in [-0.39, 0.29) is 0 Å². The molecule has 18 heavy (non-hydrogen) atoms. The summed E-state index contributed by atoms with van der Waals surface area (Å²) in [5.41, 5.74) is 0.528. The van der Waals surface area contributed by atoms with Gasteiger partial charge in [-0.1, -0.05) is 22.0 Å². The Morgan fingerprint density at radius 3 is 2.33 bits per heavy atom. The molecule has 0 aliphatic heterocycles. The molecule has 5 nitrogen and oxygen atoms in total. The van der Waals surface area contributed by atoms with Crippen LogP contribution in [-0.4, -0.2) is 37.2 Å². The number of rotatable bonds is 5. The average Bonchev–Trinajstić information content (AvgIpc) is 2.43. The molecule has 0 amide bonds. The molecule has 1 aromatic carbocycles. The number of carbonyl (C=O) groups excluding carboxylic acids is 1. The number of aliphatic hydroxyl groups excluding tert-OH is 1. The summed E-state index contributed by atoms with van der Waals surface area (Å²) in [6.45, 7) is 0. The molecule has 0 saturated carbocycles. The van der Waals surface area contributed by atoms with Crippen LogP contribution in [0, 0.1) is 0 Å². The molecular formula is C12H15BrO5. The third-order valence-electron chi connectivity index (χ3n) is 2.45. The number of hydrogen-bond donors (Lipinski definition) is 1. The smallest absolute Gasteiger partial charge is 0.322 e. The van der Waals surface area contributed by atoms with E-state index in [1.165, 1.54) is 21.3 Å². The molecule has 1 aromatic rings. The van der Waals surface area contributed by atoms with Crippen molar-refractivity contribution in [1.82, 2.24) is 0 Å². The highest BCUT2D eigenvalue weighted by atomic mass is 79.9. The lowest BCUT2D eigenvalue weighted by Gasteiger charge is -2.17. The molecule has 0 heterocycles. The van der Waals surface area contributed by atoms with Crippen molar-refractivity contribution < 1.29 is 24.1 Å². The number of ether oxygens (including phenoxy) is 3. The zero-order chi connectivity index (χ0) is 13.7. The Bertz CT molecular complexity index is 421. The van der Waals surface area contributed by atoms with Crippen molar-refractivity contribution in [3.8, 4) is 11.5 Å². The van der Waals surface area contributed by atoms with E-state index in [0.29, 0.717) is 17.1 Å². The number of benzene rings is 1. The highest BCUT2D eigenvalue weighted by Crippen LogP contribution is 2.32. The van der Waals surface area contributed by atoms with E-state index in [2.05, 4.69) is 20.7 Å². The van der Waals surface area contributed by atoms with Gasteiger partial charge in [-0.15, -0.1) is 0 Å². The fourth-order valence-corrected chi connectivity index (χ4v) is 1.94. The summed E-state index contributed by atoms with van der Waals surface area (Å²) in [5, 5.41) is 10.0. The molecule has 0 saturated heterocycles. The van der Waals surface area contributed by atoms with Gasteiger partial charge in [-0.05, 0) is 17.7 Å². The quantitative estimate of drug-likeness (QED) is 0.661. The normalized spacial score (nSPS) is 13.6. The summed E-state index contributed by atoms with van der Waals surface area (Å²) in [5.74, 6) is 0.494. The number of aliphatic hydroxyl groups is 1. The third kappa shape index (κ3) is 3.14. The fourth-order valence-electron chi connectivity index (χ4n) is 1.45. The lowest BCUT2D eigenvalue weighted by molar-refractivity contribution is -0.141. The van der Waals surface area contributed by atoms with Crippen LogP contribution >= 0.6 is 15.9 Å². The number of esters is 1. The second kappa shape index (κ2) is 6.61. The first-order valence-electron chi connectivity index (χ1n) is 5.17. The molecule has 0 bridgehead atoms. The standard InChI is InChI=1S/C12H15BrO5/c1-16-8-5-4-7(6-9(8)17-2)11(14)10(13)12(15)18-3/h4-6,10-11,14H,1-3H3. The van der Waals surface area contributed by atoms with Crippen molar-refractivity contribution in [3.05, 3.63) is 23.8 Å². The number of alkyl halides is 1. The van der Waals surface area contributed by atoms with Gasteiger partial charge in [-0.2, -0.15) is 0 Å². The van der Waals surface area contributed by atoms with Crippen LogP contribution in [-0.2, 0) is 9.53 Å². The van der Waals surface area contributed by atoms with E-state index < -0.39 is 16.9 Å². The van der Waals surface area contributed by atoms with Gasteiger partial charge < -0.3 is 19.3 Å². The van der Waals surface area contributed by atoms with Crippen molar-refractivity contribution in [3.63, 3.8) is 0 Å². The predicted molar refractivity (Wildman–Crippen MR) is 69.2 cm³/mol. The third-order valence-corrected chi connectivity index (χ3v) is 3.33. The van der Waals surface area contributed by atoms with Crippen LogP contribution in [0.3, 0.4) is 0 Å². The predicted octanol–water partition coefficient (Wildman–Crippen LogP) is 1.67. The van der Waals surface area contributed by atoms with Gasteiger partial charge in [-0.3, -0.25) is 4.79 Å². The van der Waals surface area contributed by atoms with Gasteiger partial charge in [0.05, 0.1) is 21.3 Å². The van der Waals surface area contributed by atoms with Crippen molar-refractivity contribution in [2.45, 2.75) is 10.9 Å². The molecule has 100 valence electrons. The Morgan fingerprint density at radius 1 is 1.22 bits per heavy atom. The van der Waals surface area contributed by atoms with Crippen molar-refractivity contribution in [2.75, 3.05) is 21.3 Å². The Kier molecular flexibility index (Phi) is 5.43. The minimum Gasteiger partial charge on any atom is -0.493 e. The summed E-state index contributed by atoms with van der Waals surface area (Å²) in [7, 11) is 4.29. The van der Waals surface area contributed by atoms with Crippen molar-refractivity contribution >= 4 is 21.9 Å². The Labute approximate surface area is 114 Å². The Hall–Kier alpha value is -1.27. The lowest BCUT2D eigenvalue weighted by Crippen LogP contribution is -2.23. The zero-order valence-electron chi connectivity index (χ0n) is 10.3. The number of carbonyl (C=O) groups is 1. The summed E-state index contributed by atoms with van der Waals surface area (Å²) in [6, 6.07) is 4.93. The van der Waals surface area contributed by atoms with Crippen LogP contribution in [0.2, 0.25) is 0 Å². The van der Waals surface area contributed by atoms with E-state index in [1.54, 1.807) is 18.2 Å². The van der Waals surface area contributed by atoms with Gasteiger partial charge in [0, 0.05) is 0 Å². The summed E-state index contributed by atoms with van der Waals surface area (Å²) >= 11 is 3.09. The second-order valence-electron chi connectivity index (χ2n) is 3.48. The maximum absolute atomic E-state index is 11.3. The van der Waals surface area contributed by atoms with E-state index in [4.69, 9.17) is 9.47 Å². The van der Waals surface area contributed by atoms with Gasteiger partial charge in [0.25, 0.3) is 0 Å². The molecular weight excluding hydrogens is 304 g/mol. The molecule has 0 spiro atoms. The number of methoxy groups -OCH3 is 3. The van der Waals surface area contributed by atoms with Crippen LogP contribution in [0.5, 0.6) is 11.5 Å². The van der Waals surface area contributed by atoms with Crippen molar-refractivity contribution in [2.24, 2.45) is 0 Å². The second-order valence-corrected chi connectivity index (χ2v) is 4.47. The first-order chi connectivity index (χ1) is 8.54. The minimum atomic E-state index is -1.03. The first kappa shape index (κ1) is 14.8. The first-order valence-corrected chi connectivity index (χ1v) is 6.08. The summed E-state index contributed by atoms with van der Waals surface area (Å²) in [6.07, 6.45) is -1.03. The molecule has 1 N–H and O–H groups in total. The lowest BCUT2D eigenvalue weighted by atomic mass is 10.1. The molecule has 2 unspecified atom stereocenters. The highest BCUT2D eigenvalue weighted by molar-refractivity contribution is 9.10. The maximum atomic E-state index is 11.3. The van der Waals surface area contributed by atoms with E-state index in [0.717, 1.165) is 0 Å². The summed E-state index contributed by atoms with van der Waals surface area (Å²) < 4.78 is 14.8. The molecule has 2 atom stereocenters. The topological polar surface area (TPSA) is 65.0 Å². The van der Waals surface area contributed by atoms with Crippen LogP contribution < -0.4 is 9.47 Å². The fraction of sp³-hybridized carbons (Fsp3) is 0.417. The van der Waals surface area contributed by atoms with Crippen LogP contribution in [0.15, 0.2) is 18.2 Å². The molecule has 1 rings (SSSR count). The van der Waals surface area contributed by atoms with Gasteiger partial charge >= 0.3 is 5.97 Å². The zero-order valence-corrected chi connectivity index (χ0v) is 11.9. The molecule has 0 aliphatic carbocycles. The monoisotopic (exact) mass is 318 g/mol. The van der Waals surface area contributed by atoms with E-state index in [9.17, 15) is 9.90 Å². The van der Waals surface area contributed by atoms with Crippen LogP contribution in [0.4, 0.5) is 0 Å². The van der Waals surface area contributed by atoms with Gasteiger partial charge in [0.1, 0.15) is 10.9 Å². The van der Waals surface area contributed by atoms with Crippen LogP contribution in [0.1, 0.15) is 11.7 Å². The molecule has 0 aliphatic rings. The molecule has 0 fully saturated rings. The SMILES string of the molecule is COC(=O)C(Br)C(O)c1ccc(OC)c(OC)c1. The van der Waals surface area contributed by atoms with E-state index in [1.807, 2.05) is 0 Å². The van der Waals surface area contributed by atoms with Gasteiger partial charge in [0.15, 0.2) is 11.5 Å². The Balaban J connectivity index is 2.99. The van der Waals surface area contributed by atoms with E-state index >= 15 is 0 Å². The largest absolute Gasteiger partial charge is 0.493 e. The molecule has 6 heteroatoms. The molecule has 0 aromatic heterocycles. The molecule has 0 radical (unpaired) electrons. The maximum Gasteiger partial charge on any atom is 0.322 e. The summed E-state index contributed by atoms with van der Waals surface area (Å²) in [4.78, 5) is 10.5. The van der Waals surface area contributed by atoms with Crippen molar-refractivity contribution in [1.29, 1.82) is 0 Å².